The number of nitrogens with one attached hydrogen (secondary N) is 1. The highest BCUT2D eigenvalue weighted by Gasteiger charge is 2.18. The van der Waals surface area contributed by atoms with Crippen LogP contribution in [0.3, 0.4) is 0 Å². The number of pyridine rings is 1. The first kappa shape index (κ1) is 16.4. The summed E-state index contributed by atoms with van der Waals surface area (Å²) in [5.41, 5.74) is 0.904. The summed E-state index contributed by atoms with van der Waals surface area (Å²) in [6, 6.07) is 1.74. The number of hydrogen-bond donors (Lipinski definition) is 1. The first-order chi connectivity index (χ1) is 9.35. The number of hydrogen-bond acceptors (Lipinski definition) is 4. The Kier molecular flexibility index (Phi) is 5.92. The second-order valence-electron chi connectivity index (χ2n) is 6.09. The normalized spacial score (nSPS) is 11.4. The molecule has 0 unspecified atom stereocenters. The van der Waals surface area contributed by atoms with Crippen molar-refractivity contribution in [2.45, 2.75) is 53.4 Å². The Morgan fingerprint density at radius 3 is 2.65 bits per heavy atom. The molecule has 1 heterocycles. The lowest BCUT2D eigenvalue weighted by Gasteiger charge is -2.25. The molecule has 5 nitrogen and oxygen atoms in total. The van der Waals surface area contributed by atoms with Gasteiger partial charge in [0, 0.05) is 12.1 Å². The summed E-state index contributed by atoms with van der Waals surface area (Å²) in [6.07, 6.45) is 6.21. The van der Waals surface area contributed by atoms with E-state index in [1.165, 1.54) is 31.9 Å². The lowest BCUT2D eigenvalue weighted by Crippen LogP contribution is -2.23. The van der Waals surface area contributed by atoms with Crippen LogP contribution >= 0.6 is 0 Å². The van der Waals surface area contributed by atoms with Gasteiger partial charge in [-0.3, -0.25) is 10.1 Å². The summed E-state index contributed by atoms with van der Waals surface area (Å²) in [5.74, 6) is 0.705. The summed E-state index contributed by atoms with van der Waals surface area (Å²) in [7, 11) is 0. The molecule has 0 amide bonds. The van der Waals surface area contributed by atoms with Gasteiger partial charge in [-0.2, -0.15) is 0 Å². The van der Waals surface area contributed by atoms with Crippen LogP contribution in [0.2, 0.25) is 0 Å². The summed E-state index contributed by atoms with van der Waals surface area (Å²) >= 11 is 0. The van der Waals surface area contributed by atoms with Gasteiger partial charge in [-0.1, -0.05) is 40.0 Å². The molecule has 0 aliphatic carbocycles. The van der Waals surface area contributed by atoms with Crippen LogP contribution in [-0.4, -0.2) is 16.5 Å². The fraction of sp³-hybridized carbons (Fsp3) is 0.667. The van der Waals surface area contributed by atoms with Crippen LogP contribution in [0.1, 0.15) is 52.0 Å². The molecule has 0 aromatic carbocycles. The molecule has 1 N–H and O–H groups in total. The maximum Gasteiger partial charge on any atom is 0.290 e. The zero-order valence-electron chi connectivity index (χ0n) is 12.9. The highest BCUT2D eigenvalue weighted by Crippen LogP contribution is 2.25. The molecule has 0 fully saturated rings. The van der Waals surface area contributed by atoms with E-state index < -0.39 is 4.92 Å². The van der Waals surface area contributed by atoms with Crippen LogP contribution in [0.4, 0.5) is 11.5 Å². The minimum Gasteiger partial charge on any atom is -0.370 e. The largest absolute Gasteiger partial charge is 0.370 e. The Morgan fingerprint density at radius 2 is 2.10 bits per heavy atom. The Bertz CT molecular complexity index is 458. The van der Waals surface area contributed by atoms with Crippen LogP contribution in [0.15, 0.2) is 12.3 Å². The molecule has 0 spiro atoms. The van der Waals surface area contributed by atoms with E-state index in [4.69, 9.17) is 0 Å². The minimum absolute atomic E-state index is 0.0674. The lowest BCUT2D eigenvalue weighted by atomic mass is 9.87. The zero-order valence-corrected chi connectivity index (χ0v) is 12.9. The van der Waals surface area contributed by atoms with Crippen molar-refractivity contribution in [1.82, 2.24) is 4.98 Å². The second-order valence-corrected chi connectivity index (χ2v) is 6.09. The standard InChI is InChI=1S/C15H25N3O2/c1-5-6-7-8-15(3,4)11-17-14-9-12(2)13(10-16-14)18(19)20/h9-10H,5-8,11H2,1-4H3,(H,16,17). The Labute approximate surface area is 121 Å². The molecule has 5 heteroatoms. The van der Waals surface area contributed by atoms with Crippen molar-refractivity contribution in [2.75, 3.05) is 11.9 Å². The van der Waals surface area contributed by atoms with E-state index in [2.05, 4.69) is 31.1 Å². The first-order valence-corrected chi connectivity index (χ1v) is 7.20. The predicted molar refractivity (Wildman–Crippen MR) is 82.0 cm³/mol. The highest BCUT2D eigenvalue weighted by molar-refractivity contribution is 5.46. The van der Waals surface area contributed by atoms with Gasteiger partial charge in [0.25, 0.3) is 5.69 Å². The van der Waals surface area contributed by atoms with Gasteiger partial charge in [0.05, 0.1) is 4.92 Å². The van der Waals surface area contributed by atoms with Crippen LogP contribution in [0, 0.1) is 22.5 Å². The fourth-order valence-corrected chi connectivity index (χ4v) is 2.11. The van der Waals surface area contributed by atoms with Crippen molar-refractivity contribution >= 4 is 11.5 Å². The highest BCUT2D eigenvalue weighted by atomic mass is 16.6. The number of unbranched alkanes of at least 4 members (excludes halogenated alkanes) is 2. The third-order valence-corrected chi connectivity index (χ3v) is 3.49. The average molecular weight is 279 g/mol. The minimum atomic E-state index is -0.402. The third kappa shape index (κ3) is 5.15. The molecule has 0 aliphatic rings. The number of nitro groups is 1. The molecule has 0 saturated carbocycles. The zero-order chi connectivity index (χ0) is 15.2. The molecule has 1 aromatic rings. The van der Waals surface area contributed by atoms with Gasteiger partial charge in [0.1, 0.15) is 12.0 Å². The van der Waals surface area contributed by atoms with Crippen LogP contribution in [0.5, 0.6) is 0 Å². The predicted octanol–water partition coefficient (Wildman–Crippen LogP) is 4.32. The smallest absolute Gasteiger partial charge is 0.290 e. The molecular formula is C15H25N3O2. The van der Waals surface area contributed by atoms with Crippen LogP contribution in [0.25, 0.3) is 0 Å². The number of aryl methyl sites for hydroxylation is 1. The molecular weight excluding hydrogens is 254 g/mol. The van der Waals surface area contributed by atoms with Crippen LogP contribution < -0.4 is 5.32 Å². The van der Waals surface area contributed by atoms with Crippen molar-refractivity contribution in [1.29, 1.82) is 0 Å². The van der Waals surface area contributed by atoms with Gasteiger partial charge in [0.15, 0.2) is 0 Å². The molecule has 112 valence electrons. The van der Waals surface area contributed by atoms with Crippen LogP contribution in [-0.2, 0) is 0 Å². The fourth-order valence-electron chi connectivity index (χ4n) is 2.11. The van der Waals surface area contributed by atoms with E-state index in [1.54, 1.807) is 13.0 Å². The monoisotopic (exact) mass is 279 g/mol. The van der Waals surface area contributed by atoms with Crippen molar-refractivity contribution in [2.24, 2.45) is 5.41 Å². The van der Waals surface area contributed by atoms with Gasteiger partial charge in [-0.25, -0.2) is 4.98 Å². The molecule has 0 bridgehead atoms. The van der Waals surface area contributed by atoms with Gasteiger partial charge in [-0.15, -0.1) is 0 Å². The summed E-state index contributed by atoms with van der Waals surface area (Å²) in [6.45, 7) is 9.22. The van der Waals surface area contributed by atoms with E-state index in [9.17, 15) is 10.1 Å². The molecule has 0 saturated heterocycles. The summed E-state index contributed by atoms with van der Waals surface area (Å²) < 4.78 is 0. The maximum atomic E-state index is 10.7. The number of anilines is 1. The van der Waals surface area contributed by atoms with Gasteiger partial charge in [0.2, 0.25) is 0 Å². The van der Waals surface area contributed by atoms with Crippen molar-refractivity contribution in [3.63, 3.8) is 0 Å². The van der Waals surface area contributed by atoms with Crippen molar-refractivity contribution in [3.8, 4) is 0 Å². The number of aromatic nitrogens is 1. The molecule has 0 radical (unpaired) electrons. The Hall–Kier alpha value is -1.65. The van der Waals surface area contributed by atoms with E-state index in [0.717, 1.165) is 6.54 Å². The molecule has 0 aliphatic heterocycles. The van der Waals surface area contributed by atoms with Gasteiger partial charge in [-0.05, 0) is 24.8 Å². The van der Waals surface area contributed by atoms with E-state index in [0.29, 0.717) is 11.4 Å². The molecule has 1 aromatic heterocycles. The topological polar surface area (TPSA) is 68.1 Å². The number of rotatable bonds is 8. The lowest BCUT2D eigenvalue weighted by molar-refractivity contribution is -0.385. The average Bonchev–Trinajstić information content (AvgIpc) is 2.36. The second kappa shape index (κ2) is 7.22. The molecule has 1 rings (SSSR count). The maximum absolute atomic E-state index is 10.7. The SMILES string of the molecule is CCCCCC(C)(C)CNc1cc(C)c([N+](=O)[O-])cn1. The molecule has 0 atom stereocenters. The van der Waals surface area contributed by atoms with E-state index in [-0.39, 0.29) is 11.1 Å². The molecule has 20 heavy (non-hydrogen) atoms. The van der Waals surface area contributed by atoms with Gasteiger partial charge >= 0.3 is 0 Å². The summed E-state index contributed by atoms with van der Waals surface area (Å²) in [4.78, 5) is 14.4. The summed E-state index contributed by atoms with van der Waals surface area (Å²) in [5, 5.41) is 14.0. The van der Waals surface area contributed by atoms with Gasteiger partial charge < -0.3 is 5.32 Å². The Balaban J connectivity index is 2.57. The first-order valence-electron chi connectivity index (χ1n) is 7.20. The quantitative estimate of drug-likeness (QED) is 0.437. The number of nitrogens with zero attached hydrogens (tertiary/aromatic N) is 2. The van der Waals surface area contributed by atoms with Crippen molar-refractivity contribution < 1.29 is 4.92 Å². The Morgan fingerprint density at radius 1 is 1.40 bits per heavy atom. The van der Waals surface area contributed by atoms with E-state index >= 15 is 0 Å². The van der Waals surface area contributed by atoms with E-state index in [1.807, 2.05) is 0 Å². The third-order valence-electron chi connectivity index (χ3n) is 3.49. The van der Waals surface area contributed by atoms with Crippen molar-refractivity contribution in [3.05, 3.63) is 27.9 Å².